The molecule has 130 valence electrons. The first kappa shape index (κ1) is 16.7. The van der Waals surface area contributed by atoms with Gasteiger partial charge >= 0.3 is 12.1 Å². The number of hydrogen-bond acceptors (Lipinski definition) is 3. The highest BCUT2D eigenvalue weighted by atomic mass is 19.4. The predicted molar refractivity (Wildman–Crippen MR) is 77.5 cm³/mol. The van der Waals surface area contributed by atoms with Gasteiger partial charge in [-0.15, -0.1) is 0 Å². The summed E-state index contributed by atoms with van der Waals surface area (Å²) in [6.07, 6.45) is -1.44. The van der Waals surface area contributed by atoms with E-state index in [2.05, 4.69) is 4.98 Å². The van der Waals surface area contributed by atoms with E-state index in [1.807, 2.05) is 0 Å². The van der Waals surface area contributed by atoms with Gasteiger partial charge in [-0.3, -0.25) is 4.79 Å². The Kier molecular flexibility index (Phi) is 4.01. The number of likely N-dealkylation sites (tertiary alicyclic amines) is 1. The highest BCUT2D eigenvalue weighted by Gasteiger charge is 2.58. The Morgan fingerprint density at radius 3 is 2.46 bits per heavy atom. The van der Waals surface area contributed by atoms with Crippen LogP contribution < -0.4 is 0 Å². The molecular formula is C16H17F3N2O3. The molecule has 1 aliphatic heterocycles. The Hall–Kier alpha value is -2.12. The van der Waals surface area contributed by atoms with Gasteiger partial charge < -0.3 is 10.0 Å². The molecular weight excluding hydrogens is 325 g/mol. The van der Waals surface area contributed by atoms with E-state index in [0.29, 0.717) is 12.8 Å². The number of hydrogen-bond donors (Lipinski definition) is 1. The summed E-state index contributed by atoms with van der Waals surface area (Å²) < 4.78 is 39.8. The molecule has 1 spiro atoms. The number of halogens is 3. The van der Waals surface area contributed by atoms with Crippen molar-refractivity contribution in [3.8, 4) is 0 Å². The van der Waals surface area contributed by atoms with E-state index in [1.54, 1.807) is 0 Å². The van der Waals surface area contributed by atoms with Crippen molar-refractivity contribution in [1.82, 2.24) is 9.88 Å². The van der Waals surface area contributed by atoms with Crippen molar-refractivity contribution >= 4 is 11.9 Å². The van der Waals surface area contributed by atoms with Crippen LogP contribution in [0, 0.1) is 11.3 Å². The summed E-state index contributed by atoms with van der Waals surface area (Å²) in [6, 6.07) is 2.57. The highest BCUT2D eigenvalue weighted by Crippen LogP contribution is 2.56. The number of carbonyl (C=O) groups is 2. The van der Waals surface area contributed by atoms with Crippen LogP contribution in [0.25, 0.3) is 0 Å². The largest absolute Gasteiger partial charge is 0.477 e. The lowest BCUT2D eigenvalue weighted by molar-refractivity contribution is -0.235. The van der Waals surface area contributed by atoms with E-state index in [4.69, 9.17) is 5.11 Å². The smallest absolute Gasteiger partial charge is 0.392 e. The molecule has 1 saturated heterocycles. The van der Waals surface area contributed by atoms with Crippen LogP contribution >= 0.6 is 0 Å². The van der Waals surface area contributed by atoms with Crippen molar-refractivity contribution in [3.63, 3.8) is 0 Å². The summed E-state index contributed by atoms with van der Waals surface area (Å²) in [7, 11) is 0. The molecule has 1 atom stereocenters. The molecule has 1 N–H and O–H groups in total. The minimum absolute atomic E-state index is 0.0471. The van der Waals surface area contributed by atoms with Gasteiger partial charge in [0, 0.05) is 19.3 Å². The molecule has 2 heterocycles. The summed E-state index contributed by atoms with van der Waals surface area (Å²) >= 11 is 0. The van der Waals surface area contributed by atoms with E-state index in [9.17, 15) is 22.8 Å². The maximum atomic E-state index is 13.3. The van der Waals surface area contributed by atoms with E-state index in [-0.39, 0.29) is 30.8 Å². The monoisotopic (exact) mass is 342 g/mol. The number of alkyl halides is 3. The van der Waals surface area contributed by atoms with Gasteiger partial charge in [-0.1, -0.05) is 6.42 Å². The molecule has 3 rings (SSSR count). The third-order valence-corrected chi connectivity index (χ3v) is 5.19. The first-order chi connectivity index (χ1) is 11.2. The lowest BCUT2D eigenvalue weighted by Gasteiger charge is -2.54. The summed E-state index contributed by atoms with van der Waals surface area (Å²) in [5.41, 5.74) is -0.849. The van der Waals surface area contributed by atoms with Crippen LogP contribution in [0.3, 0.4) is 0 Å². The van der Waals surface area contributed by atoms with Crippen molar-refractivity contribution in [1.29, 1.82) is 0 Å². The molecule has 1 amide bonds. The van der Waals surface area contributed by atoms with Crippen LogP contribution in [0.5, 0.6) is 0 Å². The maximum Gasteiger partial charge on any atom is 0.392 e. The van der Waals surface area contributed by atoms with Crippen LogP contribution in [0.2, 0.25) is 0 Å². The Labute approximate surface area is 136 Å². The number of rotatable bonds is 2. The van der Waals surface area contributed by atoms with Gasteiger partial charge in [0.25, 0.3) is 5.91 Å². The molecule has 2 aliphatic rings. The Morgan fingerprint density at radius 2 is 2.00 bits per heavy atom. The highest BCUT2D eigenvalue weighted by molar-refractivity contribution is 5.95. The number of carbonyl (C=O) groups excluding carboxylic acids is 1. The molecule has 0 aromatic carbocycles. The summed E-state index contributed by atoms with van der Waals surface area (Å²) in [4.78, 5) is 28.4. The average Bonchev–Trinajstić information content (AvgIpc) is 2.51. The first-order valence-corrected chi connectivity index (χ1v) is 7.78. The van der Waals surface area contributed by atoms with Crippen LogP contribution in [-0.2, 0) is 0 Å². The molecule has 2 fully saturated rings. The van der Waals surface area contributed by atoms with Gasteiger partial charge in [-0.05, 0) is 36.8 Å². The molecule has 5 nitrogen and oxygen atoms in total. The first-order valence-electron chi connectivity index (χ1n) is 7.78. The normalized spacial score (nSPS) is 23.0. The van der Waals surface area contributed by atoms with Crippen LogP contribution in [0.15, 0.2) is 18.3 Å². The van der Waals surface area contributed by atoms with Gasteiger partial charge in [-0.25, -0.2) is 9.78 Å². The predicted octanol–water partition coefficient (Wildman–Crippen LogP) is 2.97. The molecule has 1 unspecified atom stereocenters. The van der Waals surface area contributed by atoms with E-state index in [0.717, 1.165) is 12.6 Å². The Morgan fingerprint density at radius 1 is 1.29 bits per heavy atom. The number of carboxylic acid groups (broad SMARTS) is 1. The zero-order valence-electron chi connectivity index (χ0n) is 12.8. The minimum Gasteiger partial charge on any atom is -0.477 e. The van der Waals surface area contributed by atoms with Gasteiger partial charge in [0.15, 0.2) is 0 Å². The molecule has 1 aromatic heterocycles. The lowest BCUT2D eigenvalue weighted by Crippen LogP contribution is -2.57. The summed E-state index contributed by atoms with van der Waals surface area (Å²) in [5.74, 6) is -2.95. The molecule has 1 saturated carbocycles. The Balaban J connectivity index is 1.76. The number of piperidine rings is 1. The third-order valence-electron chi connectivity index (χ3n) is 5.19. The SMILES string of the molecule is O=C(O)c1ccc(C(=O)N2CCC(C(F)(F)F)C3(CCC3)C2)cn1. The van der Waals surface area contributed by atoms with E-state index >= 15 is 0 Å². The molecule has 24 heavy (non-hydrogen) atoms. The zero-order valence-corrected chi connectivity index (χ0v) is 12.8. The average molecular weight is 342 g/mol. The van der Waals surface area contributed by atoms with Crippen molar-refractivity contribution in [2.45, 2.75) is 31.9 Å². The van der Waals surface area contributed by atoms with Gasteiger partial charge in [0.1, 0.15) is 5.69 Å². The number of nitrogens with zero attached hydrogens (tertiary/aromatic N) is 2. The molecule has 1 aromatic rings. The van der Waals surface area contributed by atoms with E-state index < -0.39 is 29.4 Å². The topological polar surface area (TPSA) is 70.5 Å². The number of aromatic nitrogens is 1. The number of amides is 1. The fourth-order valence-electron chi connectivity index (χ4n) is 3.81. The van der Waals surface area contributed by atoms with Crippen LogP contribution in [0.1, 0.15) is 46.5 Å². The second-order valence-corrected chi connectivity index (χ2v) is 6.56. The standard InChI is InChI=1S/C16H17F3N2O3/c17-16(18,19)12-4-7-21(9-15(12)5-1-6-15)13(22)10-2-3-11(14(23)24)20-8-10/h2-3,8,12H,1,4-7,9H2,(H,23,24). The molecule has 8 heteroatoms. The van der Waals surface area contributed by atoms with Crippen molar-refractivity contribution in [2.24, 2.45) is 11.3 Å². The summed E-state index contributed by atoms with van der Waals surface area (Å²) in [5, 5.41) is 8.81. The quantitative estimate of drug-likeness (QED) is 0.897. The Bertz CT molecular complexity index is 654. The summed E-state index contributed by atoms with van der Waals surface area (Å²) in [6.45, 7) is 0.141. The zero-order chi connectivity index (χ0) is 17.5. The fourth-order valence-corrected chi connectivity index (χ4v) is 3.81. The van der Waals surface area contributed by atoms with Crippen molar-refractivity contribution in [3.05, 3.63) is 29.6 Å². The maximum absolute atomic E-state index is 13.3. The van der Waals surface area contributed by atoms with Crippen LogP contribution in [0.4, 0.5) is 13.2 Å². The van der Waals surface area contributed by atoms with Gasteiger partial charge in [-0.2, -0.15) is 13.2 Å². The van der Waals surface area contributed by atoms with Crippen molar-refractivity contribution < 1.29 is 27.9 Å². The van der Waals surface area contributed by atoms with Crippen LogP contribution in [-0.4, -0.2) is 46.1 Å². The molecule has 1 aliphatic carbocycles. The molecule has 0 radical (unpaired) electrons. The number of pyridine rings is 1. The number of aromatic carboxylic acids is 1. The van der Waals surface area contributed by atoms with Gasteiger partial charge in [0.05, 0.1) is 11.5 Å². The molecule has 0 bridgehead atoms. The van der Waals surface area contributed by atoms with Gasteiger partial charge in [0.2, 0.25) is 0 Å². The number of carboxylic acids is 1. The lowest BCUT2D eigenvalue weighted by atomic mass is 9.58. The third kappa shape index (κ3) is 2.85. The second-order valence-electron chi connectivity index (χ2n) is 6.56. The van der Waals surface area contributed by atoms with E-state index in [1.165, 1.54) is 17.0 Å². The minimum atomic E-state index is -4.24. The second kappa shape index (κ2) is 5.75. The van der Waals surface area contributed by atoms with Crippen molar-refractivity contribution in [2.75, 3.05) is 13.1 Å². The fraction of sp³-hybridized carbons (Fsp3) is 0.562.